The van der Waals surface area contributed by atoms with Crippen LogP contribution in [-0.2, 0) is 0 Å². The molecule has 3 nitrogen and oxygen atoms in total. The van der Waals surface area contributed by atoms with Crippen molar-refractivity contribution in [1.82, 2.24) is 0 Å². The third-order valence-corrected chi connectivity index (χ3v) is 2.20. The summed E-state index contributed by atoms with van der Waals surface area (Å²) in [5, 5.41) is 0.443. The zero-order chi connectivity index (χ0) is 12.1. The highest BCUT2D eigenvalue weighted by atomic mass is 35.5. The van der Waals surface area contributed by atoms with Crippen molar-refractivity contribution in [1.29, 1.82) is 0 Å². The Morgan fingerprint density at radius 3 is 2.75 bits per heavy atom. The lowest BCUT2D eigenvalue weighted by Crippen LogP contribution is -2.08. The summed E-state index contributed by atoms with van der Waals surface area (Å²) >= 11 is 5.65. The fourth-order valence-electron chi connectivity index (χ4n) is 1.30. The van der Waals surface area contributed by atoms with E-state index in [0.29, 0.717) is 10.8 Å². The first-order valence-electron chi connectivity index (χ1n) is 4.94. The Kier molecular flexibility index (Phi) is 4.65. The molecule has 0 saturated heterocycles. The van der Waals surface area contributed by atoms with Crippen LogP contribution in [0.5, 0.6) is 11.5 Å². The van der Waals surface area contributed by atoms with Crippen LogP contribution in [0.3, 0.4) is 0 Å². The number of methoxy groups -OCH3 is 1. The molecule has 0 aliphatic carbocycles. The summed E-state index contributed by atoms with van der Waals surface area (Å²) < 4.78 is 10.6. The number of hydrogen-bond donors (Lipinski definition) is 1. The summed E-state index contributed by atoms with van der Waals surface area (Å²) in [7, 11) is 1.60. The Morgan fingerprint density at radius 2 is 2.25 bits per heavy atom. The molecule has 1 atom stereocenters. The molecular weight excluding hydrogens is 226 g/mol. The van der Waals surface area contributed by atoms with E-state index >= 15 is 0 Å². The van der Waals surface area contributed by atoms with Gasteiger partial charge in [0.25, 0.3) is 0 Å². The van der Waals surface area contributed by atoms with Crippen molar-refractivity contribution >= 4 is 11.6 Å². The SMILES string of the molecule is C=C(Cl)COc1cc(OC)ccc1C(C)N. The molecule has 0 spiro atoms. The van der Waals surface area contributed by atoms with Gasteiger partial charge in [-0.25, -0.2) is 0 Å². The van der Waals surface area contributed by atoms with Gasteiger partial charge in [-0.2, -0.15) is 0 Å². The van der Waals surface area contributed by atoms with E-state index in [1.165, 1.54) is 0 Å². The summed E-state index contributed by atoms with van der Waals surface area (Å²) in [4.78, 5) is 0. The van der Waals surface area contributed by atoms with Crippen LogP contribution in [0.25, 0.3) is 0 Å². The first-order chi connectivity index (χ1) is 7.54. The lowest BCUT2D eigenvalue weighted by molar-refractivity contribution is 0.348. The Morgan fingerprint density at radius 1 is 1.56 bits per heavy atom. The van der Waals surface area contributed by atoms with Crippen molar-refractivity contribution in [3.05, 3.63) is 35.4 Å². The molecule has 1 aromatic carbocycles. The second-order valence-corrected chi connectivity index (χ2v) is 4.03. The van der Waals surface area contributed by atoms with Gasteiger partial charge in [0, 0.05) is 22.7 Å². The average molecular weight is 242 g/mol. The van der Waals surface area contributed by atoms with Crippen molar-refractivity contribution in [2.45, 2.75) is 13.0 Å². The number of nitrogens with two attached hydrogens (primary N) is 1. The van der Waals surface area contributed by atoms with Crippen LogP contribution in [0.4, 0.5) is 0 Å². The normalized spacial score (nSPS) is 12.0. The molecule has 0 saturated carbocycles. The molecular formula is C12H16ClNO2. The standard InChI is InChI=1S/C12H16ClNO2/c1-8(13)7-16-12-6-10(15-3)4-5-11(12)9(2)14/h4-6,9H,1,7,14H2,2-3H3. The summed E-state index contributed by atoms with van der Waals surface area (Å²) in [5.74, 6) is 1.40. The first kappa shape index (κ1) is 12.9. The number of halogens is 1. The van der Waals surface area contributed by atoms with E-state index in [4.69, 9.17) is 26.8 Å². The monoisotopic (exact) mass is 241 g/mol. The summed E-state index contributed by atoms with van der Waals surface area (Å²) in [6.45, 7) is 5.72. The highest BCUT2D eigenvalue weighted by Crippen LogP contribution is 2.28. The molecule has 16 heavy (non-hydrogen) atoms. The predicted molar refractivity (Wildman–Crippen MR) is 66.1 cm³/mol. The Labute approximate surface area is 101 Å². The zero-order valence-electron chi connectivity index (χ0n) is 9.50. The van der Waals surface area contributed by atoms with Crippen molar-refractivity contribution in [3.63, 3.8) is 0 Å². The number of hydrogen-bond acceptors (Lipinski definition) is 3. The Bertz CT molecular complexity index is 377. The molecule has 2 N–H and O–H groups in total. The quantitative estimate of drug-likeness (QED) is 0.862. The fraction of sp³-hybridized carbons (Fsp3) is 0.333. The largest absolute Gasteiger partial charge is 0.497 e. The molecule has 88 valence electrons. The van der Waals surface area contributed by atoms with Crippen LogP contribution >= 0.6 is 11.6 Å². The maximum absolute atomic E-state index is 5.84. The topological polar surface area (TPSA) is 44.5 Å². The second-order valence-electron chi connectivity index (χ2n) is 3.50. The molecule has 0 heterocycles. The minimum atomic E-state index is -0.107. The lowest BCUT2D eigenvalue weighted by Gasteiger charge is -2.14. The van der Waals surface area contributed by atoms with Crippen LogP contribution < -0.4 is 15.2 Å². The van der Waals surface area contributed by atoms with E-state index in [-0.39, 0.29) is 12.6 Å². The molecule has 1 unspecified atom stereocenters. The smallest absolute Gasteiger partial charge is 0.128 e. The molecule has 0 aromatic heterocycles. The number of rotatable bonds is 5. The maximum atomic E-state index is 5.84. The Balaban J connectivity index is 2.95. The van der Waals surface area contributed by atoms with E-state index in [0.717, 1.165) is 11.3 Å². The number of benzene rings is 1. The van der Waals surface area contributed by atoms with Crippen LogP contribution in [0.15, 0.2) is 29.8 Å². The minimum Gasteiger partial charge on any atom is -0.497 e. The van der Waals surface area contributed by atoms with Crippen LogP contribution in [-0.4, -0.2) is 13.7 Å². The first-order valence-corrected chi connectivity index (χ1v) is 5.32. The highest BCUT2D eigenvalue weighted by Gasteiger charge is 2.09. The fourth-order valence-corrected chi connectivity index (χ4v) is 1.35. The summed E-state index contributed by atoms with van der Waals surface area (Å²) in [5.41, 5.74) is 6.75. The molecule has 0 amide bonds. The third kappa shape index (κ3) is 3.43. The van der Waals surface area contributed by atoms with Gasteiger partial charge in [0.15, 0.2) is 0 Å². The summed E-state index contributed by atoms with van der Waals surface area (Å²) in [6, 6.07) is 5.42. The predicted octanol–water partition coefficient (Wildman–Crippen LogP) is 2.85. The van der Waals surface area contributed by atoms with Gasteiger partial charge in [0.1, 0.15) is 18.1 Å². The van der Waals surface area contributed by atoms with Gasteiger partial charge in [-0.15, -0.1) is 0 Å². The van der Waals surface area contributed by atoms with Gasteiger partial charge < -0.3 is 15.2 Å². The van der Waals surface area contributed by atoms with Gasteiger partial charge in [0.05, 0.1) is 7.11 Å². The lowest BCUT2D eigenvalue weighted by atomic mass is 10.1. The van der Waals surface area contributed by atoms with Gasteiger partial charge in [0.2, 0.25) is 0 Å². The van der Waals surface area contributed by atoms with Gasteiger partial charge >= 0.3 is 0 Å². The van der Waals surface area contributed by atoms with Crippen LogP contribution in [0, 0.1) is 0 Å². The molecule has 0 aliphatic heterocycles. The molecule has 0 aliphatic rings. The molecule has 4 heteroatoms. The van der Waals surface area contributed by atoms with Crippen molar-refractivity contribution < 1.29 is 9.47 Å². The molecule has 0 radical (unpaired) electrons. The Hall–Kier alpha value is -1.19. The van der Waals surface area contributed by atoms with Crippen LogP contribution in [0.2, 0.25) is 0 Å². The third-order valence-electron chi connectivity index (χ3n) is 2.10. The molecule has 1 rings (SSSR count). The highest BCUT2D eigenvalue weighted by molar-refractivity contribution is 6.29. The van der Waals surface area contributed by atoms with E-state index in [1.807, 2.05) is 19.1 Å². The number of ether oxygens (including phenoxy) is 2. The summed E-state index contributed by atoms with van der Waals surface area (Å²) in [6.07, 6.45) is 0. The minimum absolute atomic E-state index is 0.107. The molecule has 0 fully saturated rings. The van der Waals surface area contributed by atoms with E-state index in [1.54, 1.807) is 13.2 Å². The van der Waals surface area contributed by atoms with Crippen molar-refractivity contribution in [2.75, 3.05) is 13.7 Å². The van der Waals surface area contributed by atoms with Gasteiger partial charge in [-0.05, 0) is 13.0 Å². The van der Waals surface area contributed by atoms with Crippen molar-refractivity contribution in [2.24, 2.45) is 5.73 Å². The zero-order valence-corrected chi connectivity index (χ0v) is 10.3. The van der Waals surface area contributed by atoms with E-state index in [2.05, 4.69) is 6.58 Å². The second kappa shape index (κ2) is 5.77. The maximum Gasteiger partial charge on any atom is 0.128 e. The van der Waals surface area contributed by atoms with E-state index < -0.39 is 0 Å². The molecule has 0 bridgehead atoms. The van der Waals surface area contributed by atoms with Crippen LogP contribution in [0.1, 0.15) is 18.5 Å². The molecule has 1 aromatic rings. The van der Waals surface area contributed by atoms with Gasteiger partial charge in [-0.1, -0.05) is 24.2 Å². The van der Waals surface area contributed by atoms with Gasteiger partial charge in [-0.3, -0.25) is 0 Å². The average Bonchev–Trinajstić information content (AvgIpc) is 2.25. The van der Waals surface area contributed by atoms with E-state index in [9.17, 15) is 0 Å². The van der Waals surface area contributed by atoms with Crippen molar-refractivity contribution in [3.8, 4) is 11.5 Å².